The third-order valence-electron chi connectivity index (χ3n) is 4.44. The second-order valence-electron chi connectivity index (χ2n) is 5.99. The minimum atomic E-state index is -1.36. The summed E-state index contributed by atoms with van der Waals surface area (Å²) in [6.45, 7) is 1.75. The van der Waals surface area contributed by atoms with E-state index in [-0.39, 0.29) is 24.6 Å². The number of hydrogen-bond acceptors (Lipinski definition) is 4. The van der Waals surface area contributed by atoms with Gasteiger partial charge in [-0.3, -0.25) is 0 Å². The smallest absolute Gasteiger partial charge is 0.123 e. The molecule has 6 heteroatoms. The number of aliphatic hydroxyl groups is 1. The van der Waals surface area contributed by atoms with Gasteiger partial charge in [-0.2, -0.15) is 0 Å². The summed E-state index contributed by atoms with van der Waals surface area (Å²) in [5.74, 6) is 0.311. The van der Waals surface area contributed by atoms with E-state index in [0.717, 1.165) is 12.1 Å². The van der Waals surface area contributed by atoms with Crippen molar-refractivity contribution < 1.29 is 19.0 Å². The standard InChI is InChI=1S/C19H22FNO3.ClH/c1-23-17-8-3-2-5-14(17)12-19(22,18-13-21-9-10-24-18)15-6-4-7-16(20)11-15;/h2-8,11,18,21-22H,9-10,12-13H2,1H3;1H/t18-,19+;/m0./s1. The highest BCUT2D eigenvalue weighted by Crippen LogP contribution is 2.35. The van der Waals surface area contributed by atoms with Crippen molar-refractivity contribution in [3.63, 3.8) is 0 Å². The largest absolute Gasteiger partial charge is 0.496 e. The molecule has 2 atom stereocenters. The fourth-order valence-corrected chi connectivity index (χ4v) is 3.17. The van der Waals surface area contributed by atoms with Gasteiger partial charge >= 0.3 is 0 Å². The summed E-state index contributed by atoms with van der Waals surface area (Å²) < 4.78 is 25.0. The predicted octanol–water partition coefficient (Wildman–Crippen LogP) is 2.67. The molecular formula is C19H23ClFNO3. The molecular weight excluding hydrogens is 345 g/mol. The SMILES string of the molecule is COc1ccccc1C[C@@](O)(c1cccc(F)c1)[C@@H]1CNCCO1.Cl. The van der Waals surface area contributed by atoms with E-state index in [4.69, 9.17) is 9.47 Å². The van der Waals surface area contributed by atoms with Crippen LogP contribution >= 0.6 is 12.4 Å². The lowest BCUT2D eigenvalue weighted by molar-refractivity contribution is -0.124. The number of benzene rings is 2. The van der Waals surface area contributed by atoms with E-state index < -0.39 is 11.7 Å². The van der Waals surface area contributed by atoms with Crippen molar-refractivity contribution in [3.8, 4) is 5.75 Å². The maximum atomic E-state index is 13.8. The molecule has 1 fully saturated rings. The van der Waals surface area contributed by atoms with Crippen molar-refractivity contribution in [2.45, 2.75) is 18.1 Å². The number of para-hydroxylation sites is 1. The van der Waals surface area contributed by atoms with Gasteiger partial charge in [-0.25, -0.2) is 4.39 Å². The summed E-state index contributed by atoms with van der Waals surface area (Å²) in [4.78, 5) is 0. The first-order valence-electron chi connectivity index (χ1n) is 8.06. The van der Waals surface area contributed by atoms with Gasteiger partial charge in [0.25, 0.3) is 0 Å². The highest BCUT2D eigenvalue weighted by Gasteiger charge is 2.41. The van der Waals surface area contributed by atoms with Crippen LogP contribution in [-0.2, 0) is 16.8 Å². The Bertz CT molecular complexity index is 694. The van der Waals surface area contributed by atoms with Crippen molar-refractivity contribution in [2.75, 3.05) is 26.8 Å². The fourth-order valence-electron chi connectivity index (χ4n) is 3.17. The lowest BCUT2D eigenvalue weighted by atomic mass is 9.81. The van der Waals surface area contributed by atoms with Crippen molar-refractivity contribution in [2.24, 2.45) is 0 Å². The number of halogens is 2. The number of nitrogens with one attached hydrogen (secondary N) is 1. The highest BCUT2D eigenvalue weighted by molar-refractivity contribution is 5.85. The summed E-state index contributed by atoms with van der Waals surface area (Å²) in [7, 11) is 1.60. The van der Waals surface area contributed by atoms with E-state index in [1.807, 2.05) is 24.3 Å². The van der Waals surface area contributed by atoms with Crippen LogP contribution in [0, 0.1) is 5.82 Å². The van der Waals surface area contributed by atoms with Gasteiger partial charge in [-0.15, -0.1) is 12.4 Å². The molecule has 1 saturated heterocycles. The molecule has 1 aliphatic rings. The number of methoxy groups -OCH3 is 1. The maximum Gasteiger partial charge on any atom is 0.123 e. The van der Waals surface area contributed by atoms with Gasteiger partial charge in [-0.05, 0) is 29.3 Å². The van der Waals surface area contributed by atoms with E-state index in [1.165, 1.54) is 12.1 Å². The van der Waals surface area contributed by atoms with Gasteiger partial charge in [0.2, 0.25) is 0 Å². The Morgan fingerprint density at radius 1 is 1.28 bits per heavy atom. The van der Waals surface area contributed by atoms with Crippen LogP contribution < -0.4 is 10.1 Å². The molecule has 25 heavy (non-hydrogen) atoms. The Morgan fingerprint density at radius 3 is 2.76 bits per heavy atom. The maximum absolute atomic E-state index is 13.8. The molecule has 2 aromatic rings. The topological polar surface area (TPSA) is 50.7 Å². The molecule has 0 radical (unpaired) electrons. The second-order valence-corrected chi connectivity index (χ2v) is 5.99. The third kappa shape index (κ3) is 4.30. The molecule has 0 bridgehead atoms. The van der Waals surface area contributed by atoms with Crippen LogP contribution in [0.5, 0.6) is 5.75 Å². The van der Waals surface area contributed by atoms with E-state index in [0.29, 0.717) is 24.5 Å². The molecule has 0 aliphatic carbocycles. The summed E-state index contributed by atoms with van der Waals surface area (Å²) in [5, 5.41) is 14.7. The van der Waals surface area contributed by atoms with Gasteiger partial charge in [0, 0.05) is 19.5 Å². The van der Waals surface area contributed by atoms with Crippen LogP contribution in [0.1, 0.15) is 11.1 Å². The van der Waals surface area contributed by atoms with Crippen LogP contribution in [0.4, 0.5) is 4.39 Å². The summed E-state index contributed by atoms with van der Waals surface area (Å²) >= 11 is 0. The van der Waals surface area contributed by atoms with Crippen LogP contribution in [-0.4, -0.2) is 38.0 Å². The van der Waals surface area contributed by atoms with Crippen LogP contribution in [0.15, 0.2) is 48.5 Å². The number of ether oxygens (including phenoxy) is 2. The van der Waals surface area contributed by atoms with Crippen molar-refractivity contribution >= 4 is 12.4 Å². The average Bonchev–Trinajstić information content (AvgIpc) is 2.63. The van der Waals surface area contributed by atoms with Crippen LogP contribution in [0.25, 0.3) is 0 Å². The first-order chi connectivity index (χ1) is 11.6. The molecule has 0 amide bonds. The Labute approximate surface area is 153 Å². The Hall–Kier alpha value is -1.66. The minimum Gasteiger partial charge on any atom is -0.496 e. The number of morpholine rings is 1. The molecule has 0 unspecified atom stereocenters. The molecule has 4 nitrogen and oxygen atoms in total. The molecule has 136 valence electrons. The number of hydrogen-bond donors (Lipinski definition) is 2. The van der Waals surface area contributed by atoms with E-state index in [1.54, 1.807) is 19.2 Å². The normalized spacial score (nSPS) is 19.6. The van der Waals surface area contributed by atoms with Gasteiger partial charge in [0.1, 0.15) is 23.3 Å². The Balaban J connectivity index is 0.00000225. The fraction of sp³-hybridized carbons (Fsp3) is 0.368. The zero-order valence-corrected chi connectivity index (χ0v) is 14.9. The van der Waals surface area contributed by atoms with E-state index in [2.05, 4.69) is 5.32 Å². The lowest BCUT2D eigenvalue weighted by Crippen LogP contribution is -2.52. The molecule has 0 saturated carbocycles. The van der Waals surface area contributed by atoms with Gasteiger partial charge in [-0.1, -0.05) is 30.3 Å². The Morgan fingerprint density at radius 2 is 2.08 bits per heavy atom. The van der Waals surface area contributed by atoms with Gasteiger partial charge < -0.3 is 19.9 Å². The van der Waals surface area contributed by atoms with Crippen LogP contribution in [0.2, 0.25) is 0 Å². The van der Waals surface area contributed by atoms with Gasteiger partial charge in [0.05, 0.1) is 13.7 Å². The summed E-state index contributed by atoms with van der Waals surface area (Å²) in [6, 6.07) is 13.6. The minimum absolute atomic E-state index is 0. The van der Waals surface area contributed by atoms with E-state index in [9.17, 15) is 9.50 Å². The first kappa shape index (κ1) is 19.7. The quantitative estimate of drug-likeness (QED) is 0.853. The zero-order chi connectivity index (χ0) is 17.0. The predicted molar refractivity (Wildman–Crippen MR) is 96.9 cm³/mol. The van der Waals surface area contributed by atoms with Crippen LogP contribution in [0.3, 0.4) is 0 Å². The second kappa shape index (κ2) is 8.63. The molecule has 3 rings (SSSR count). The summed E-state index contributed by atoms with van der Waals surface area (Å²) in [6.07, 6.45) is -0.203. The zero-order valence-electron chi connectivity index (χ0n) is 14.1. The molecule has 2 N–H and O–H groups in total. The molecule has 1 heterocycles. The Kier molecular flexibility index (Phi) is 6.79. The molecule has 2 aromatic carbocycles. The van der Waals surface area contributed by atoms with Crippen molar-refractivity contribution in [1.82, 2.24) is 5.32 Å². The molecule has 0 spiro atoms. The van der Waals surface area contributed by atoms with Gasteiger partial charge in [0.15, 0.2) is 0 Å². The number of rotatable bonds is 5. The highest BCUT2D eigenvalue weighted by atomic mass is 35.5. The monoisotopic (exact) mass is 367 g/mol. The first-order valence-corrected chi connectivity index (χ1v) is 8.06. The lowest BCUT2D eigenvalue weighted by Gasteiger charge is -2.39. The van der Waals surface area contributed by atoms with E-state index >= 15 is 0 Å². The third-order valence-corrected chi connectivity index (χ3v) is 4.44. The van der Waals surface area contributed by atoms with Crippen molar-refractivity contribution in [1.29, 1.82) is 0 Å². The summed E-state index contributed by atoms with van der Waals surface area (Å²) in [5.41, 5.74) is -0.00695. The molecule has 0 aromatic heterocycles. The average molecular weight is 368 g/mol. The molecule has 1 aliphatic heterocycles. The van der Waals surface area contributed by atoms with Crippen molar-refractivity contribution in [3.05, 3.63) is 65.5 Å².